The monoisotopic (exact) mass is 321 g/mol. The molecule has 0 fully saturated rings. The van der Waals surface area contributed by atoms with Crippen LogP contribution in [0, 0.1) is 11.6 Å². The van der Waals surface area contributed by atoms with Gasteiger partial charge >= 0.3 is 0 Å². The molecule has 0 saturated heterocycles. The van der Waals surface area contributed by atoms with Crippen LogP contribution in [0.3, 0.4) is 0 Å². The van der Waals surface area contributed by atoms with Gasteiger partial charge in [-0.05, 0) is 25.1 Å². The van der Waals surface area contributed by atoms with Gasteiger partial charge in [-0.1, -0.05) is 12.1 Å². The Morgan fingerprint density at radius 2 is 1.91 bits per heavy atom. The Hall–Kier alpha value is -2.63. The second-order valence-corrected chi connectivity index (χ2v) is 4.92. The van der Waals surface area contributed by atoms with E-state index in [0.717, 1.165) is 12.1 Å². The summed E-state index contributed by atoms with van der Waals surface area (Å²) in [7, 11) is 1.53. The Kier molecular flexibility index (Phi) is 5.51. The van der Waals surface area contributed by atoms with Crippen LogP contribution in [0.25, 0.3) is 0 Å². The minimum Gasteiger partial charge on any atom is -0.497 e. The third-order valence-corrected chi connectivity index (χ3v) is 3.22. The predicted molar refractivity (Wildman–Crippen MR) is 81.4 cm³/mol. The fourth-order valence-corrected chi connectivity index (χ4v) is 2.05. The molecule has 1 atom stereocenters. The number of carbonyl (C=O) groups excluding carboxylic acids is 1. The van der Waals surface area contributed by atoms with Crippen LogP contribution in [0.5, 0.6) is 11.5 Å². The number of carbonyl (C=O) groups is 1. The van der Waals surface area contributed by atoms with Crippen LogP contribution >= 0.6 is 0 Å². The summed E-state index contributed by atoms with van der Waals surface area (Å²) < 4.78 is 36.9. The van der Waals surface area contributed by atoms with Crippen molar-refractivity contribution in [1.82, 2.24) is 5.32 Å². The fraction of sp³-hybridized carbons (Fsp3) is 0.235. The van der Waals surface area contributed by atoms with Gasteiger partial charge in [0, 0.05) is 17.7 Å². The smallest absolute Gasteiger partial charge is 0.258 e. The quantitative estimate of drug-likeness (QED) is 0.888. The lowest BCUT2D eigenvalue weighted by Crippen LogP contribution is -2.31. The second kappa shape index (κ2) is 7.58. The number of rotatable bonds is 6. The van der Waals surface area contributed by atoms with Crippen LogP contribution in [0.4, 0.5) is 8.78 Å². The number of methoxy groups -OCH3 is 1. The van der Waals surface area contributed by atoms with E-state index in [9.17, 15) is 13.6 Å². The summed E-state index contributed by atoms with van der Waals surface area (Å²) in [5, 5.41) is 2.60. The van der Waals surface area contributed by atoms with Gasteiger partial charge in [-0.15, -0.1) is 0 Å². The Labute approximate surface area is 133 Å². The van der Waals surface area contributed by atoms with Crippen molar-refractivity contribution in [3.05, 3.63) is 59.7 Å². The van der Waals surface area contributed by atoms with Crippen molar-refractivity contribution in [3.63, 3.8) is 0 Å². The van der Waals surface area contributed by atoms with Crippen LogP contribution in [0.1, 0.15) is 18.5 Å². The zero-order valence-electron chi connectivity index (χ0n) is 12.8. The lowest BCUT2D eigenvalue weighted by Gasteiger charge is -2.15. The summed E-state index contributed by atoms with van der Waals surface area (Å²) in [6.07, 6.45) is 0. The number of ether oxygens (including phenoxy) is 2. The van der Waals surface area contributed by atoms with E-state index in [0.29, 0.717) is 11.5 Å². The standard InChI is InChI=1S/C17H17F2NO3/c1-11(15-7-6-12(18)8-16(15)19)20-17(21)10-23-14-5-3-4-13(9-14)22-2/h3-9,11H,10H2,1-2H3,(H,20,21). The molecule has 0 bridgehead atoms. The predicted octanol–water partition coefficient (Wildman–Crippen LogP) is 3.23. The van der Waals surface area contributed by atoms with E-state index in [-0.39, 0.29) is 12.2 Å². The van der Waals surface area contributed by atoms with Crippen LogP contribution in [0.15, 0.2) is 42.5 Å². The molecule has 4 nitrogen and oxygen atoms in total. The average molecular weight is 321 g/mol. The topological polar surface area (TPSA) is 47.6 Å². The molecule has 6 heteroatoms. The molecule has 122 valence electrons. The Bertz CT molecular complexity index is 691. The average Bonchev–Trinajstić information content (AvgIpc) is 2.53. The maximum atomic E-state index is 13.6. The normalized spacial score (nSPS) is 11.7. The first-order valence-corrected chi connectivity index (χ1v) is 7.00. The molecule has 0 saturated carbocycles. The summed E-state index contributed by atoms with van der Waals surface area (Å²) in [5.74, 6) is -0.675. The van der Waals surface area contributed by atoms with E-state index in [2.05, 4.69) is 5.32 Å². The van der Waals surface area contributed by atoms with E-state index in [4.69, 9.17) is 9.47 Å². The summed E-state index contributed by atoms with van der Waals surface area (Å²) >= 11 is 0. The van der Waals surface area contributed by atoms with Crippen molar-refractivity contribution in [1.29, 1.82) is 0 Å². The second-order valence-electron chi connectivity index (χ2n) is 4.92. The van der Waals surface area contributed by atoms with Crippen LogP contribution in [-0.2, 0) is 4.79 Å². The van der Waals surface area contributed by atoms with E-state index in [1.807, 2.05) is 0 Å². The third-order valence-electron chi connectivity index (χ3n) is 3.22. The molecule has 0 heterocycles. The number of benzene rings is 2. The highest BCUT2D eigenvalue weighted by Crippen LogP contribution is 2.19. The molecule has 2 aromatic rings. The largest absolute Gasteiger partial charge is 0.497 e. The molecule has 0 spiro atoms. The van der Waals surface area contributed by atoms with Gasteiger partial charge in [0.2, 0.25) is 0 Å². The van der Waals surface area contributed by atoms with Crippen molar-refractivity contribution < 1.29 is 23.0 Å². The highest BCUT2D eigenvalue weighted by molar-refractivity contribution is 5.78. The van der Waals surface area contributed by atoms with Crippen molar-refractivity contribution in [2.45, 2.75) is 13.0 Å². The Balaban J connectivity index is 1.91. The number of hydrogen-bond acceptors (Lipinski definition) is 3. The maximum absolute atomic E-state index is 13.6. The minimum absolute atomic E-state index is 0.209. The van der Waals surface area contributed by atoms with Crippen molar-refractivity contribution in [3.8, 4) is 11.5 Å². The minimum atomic E-state index is -0.702. The molecule has 1 N–H and O–H groups in total. The zero-order valence-corrected chi connectivity index (χ0v) is 12.8. The molecule has 2 rings (SSSR count). The van der Waals surface area contributed by atoms with Gasteiger partial charge in [0.05, 0.1) is 13.2 Å². The molecular formula is C17H17F2NO3. The van der Waals surface area contributed by atoms with Crippen molar-refractivity contribution in [2.75, 3.05) is 13.7 Å². The fourth-order valence-electron chi connectivity index (χ4n) is 2.05. The molecule has 2 aromatic carbocycles. The van der Waals surface area contributed by atoms with E-state index in [1.165, 1.54) is 13.2 Å². The summed E-state index contributed by atoms with van der Waals surface area (Å²) in [4.78, 5) is 11.9. The molecule has 0 radical (unpaired) electrons. The Morgan fingerprint density at radius 3 is 2.61 bits per heavy atom. The summed E-state index contributed by atoms with van der Waals surface area (Å²) in [5.41, 5.74) is 0.209. The molecule has 1 amide bonds. The van der Waals surface area contributed by atoms with Crippen molar-refractivity contribution in [2.24, 2.45) is 0 Å². The van der Waals surface area contributed by atoms with Gasteiger partial charge in [0.25, 0.3) is 5.91 Å². The summed E-state index contributed by atoms with van der Waals surface area (Å²) in [6, 6.07) is 9.47. The van der Waals surface area contributed by atoms with Gasteiger partial charge in [0.15, 0.2) is 6.61 Å². The Morgan fingerprint density at radius 1 is 1.17 bits per heavy atom. The number of halogens is 2. The van der Waals surface area contributed by atoms with Gasteiger partial charge in [-0.3, -0.25) is 4.79 Å². The molecular weight excluding hydrogens is 304 g/mol. The maximum Gasteiger partial charge on any atom is 0.258 e. The van der Waals surface area contributed by atoms with Crippen molar-refractivity contribution >= 4 is 5.91 Å². The van der Waals surface area contributed by atoms with Crippen LogP contribution in [0.2, 0.25) is 0 Å². The van der Waals surface area contributed by atoms with Gasteiger partial charge in [-0.2, -0.15) is 0 Å². The molecule has 23 heavy (non-hydrogen) atoms. The van der Waals surface area contributed by atoms with E-state index >= 15 is 0 Å². The highest BCUT2D eigenvalue weighted by Gasteiger charge is 2.14. The van der Waals surface area contributed by atoms with Gasteiger partial charge in [0.1, 0.15) is 23.1 Å². The van der Waals surface area contributed by atoms with Crippen LogP contribution in [-0.4, -0.2) is 19.6 Å². The third kappa shape index (κ3) is 4.67. The highest BCUT2D eigenvalue weighted by atomic mass is 19.1. The number of nitrogens with one attached hydrogen (secondary N) is 1. The lowest BCUT2D eigenvalue weighted by molar-refractivity contribution is -0.123. The first kappa shape index (κ1) is 16.7. The van der Waals surface area contributed by atoms with Crippen LogP contribution < -0.4 is 14.8 Å². The summed E-state index contributed by atoms with van der Waals surface area (Å²) in [6.45, 7) is 1.39. The number of hydrogen-bond donors (Lipinski definition) is 1. The SMILES string of the molecule is COc1cccc(OCC(=O)NC(C)c2ccc(F)cc2F)c1. The first-order valence-electron chi connectivity index (χ1n) is 7.00. The lowest BCUT2D eigenvalue weighted by atomic mass is 10.1. The zero-order chi connectivity index (χ0) is 16.8. The molecule has 0 aliphatic carbocycles. The molecule has 0 aliphatic heterocycles. The first-order chi connectivity index (χ1) is 11.0. The number of amides is 1. The van der Waals surface area contributed by atoms with Gasteiger partial charge < -0.3 is 14.8 Å². The molecule has 0 aliphatic rings. The molecule has 0 aromatic heterocycles. The van der Waals surface area contributed by atoms with Gasteiger partial charge in [-0.25, -0.2) is 8.78 Å². The molecule has 1 unspecified atom stereocenters. The van der Waals surface area contributed by atoms with E-state index in [1.54, 1.807) is 31.2 Å². The van der Waals surface area contributed by atoms with E-state index < -0.39 is 23.6 Å².